The van der Waals surface area contributed by atoms with Crippen molar-refractivity contribution in [1.82, 2.24) is 19.9 Å². The Morgan fingerprint density at radius 3 is 2.64 bits per heavy atom. The zero-order valence-corrected chi connectivity index (χ0v) is 13.1. The van der Waals surface area contributed by atoms with Gasteiger partial charge < -0.3 is 18.7 Å². The van der Waals surface area contributed by atoms with Crippen molar-refractivity contribution in [3.8, 4) is 11.6 Å². The van der Waals surface area contributed by atoms with Crippen molar-refractivity contribution in [1.29, 1.82) is 0 Å². The molecule has 1 aliphatic rings. The number of carbonyl (C=O) groups is 1. The maximum atomic E-state index is 11.9. The minimum atomic E-state index is 0.0516. The number of hydrogen-bond acceptors (Lipinski definition) is 5. The standard InChI is InChI=1S/C15H20N4O3/c1-10-4-5-12(21-10)13-16-14(22-17-13)11-6-8-19(9-7-11)15(20)18(2)3/h4-5,11H,6-9H2,1-3H3. The van der Waals surface area contributed by atoms with Crippen LogP contribution < -0.4 is 0 Å². The smallest absolute Gasteiger partial charge is 0.319 e. The number of amides is 2. The van der Waals surface area contributed by atoms with Crippen molar-refractivity contribution in [2.24, 2.45) is 0 Å². The number of aromatic nitrogens is 2. The van der Waals surface area contributed by atoms with E-state index in [-0.39, 0.29) is 11.9 Å². The summed E-state index contributed by atoms with van der Waals surface area (Å²) in [5, 5.41) is 3.99. The monoisotopic (exact) mass is 304 g/mol. The van der Waals surface area contributed by atoms with Crippen molar-refractivity contribution >= 4 is 6.03 Å². The number of likely N-dealkylation sites (tertiary alicyclic amines) is 1. The van der Waals surface area contributed by atoms with E-state index in [4.69, 9.17) is 8.94 Å². The van der Waals surface area contributed by atoms with E-state index in [0.717, 1.165) is 18.6 Å². The molecular weight excluding hydrogens is 284 g/mol. The van der Waals surface area contributed by atoms with E-state index in [1.54, 1.807) is 19.0 Å². The van der Waals surface area contributed by atoms with Gasteiger partial charge in [0.05, 0.1) is 0 Å². The lowest BCUT2D eigenvalue weighted by Crippen LogP contribution is -2.43. The third kappa shape index (κ3) is 2.84. The summed E-state index contributed by atoms with van der Waals surface area (Å²) in [5.74, 6) is 2.74. The molecule has 2 aromatic rings. The first-order chi connectivity index (χ1) is 10.5. The van der Waals surface area contributed by atoms with Crippen molar-refractivity contribution in [3.05, 3.63) is 23.8 Å². The Hall–Kier alpha value is -2.31. The highest BCUT2D eigenvalue weighted by Gasteiger charge is 2.28. The lowest BCUT2D eigenvalue weighted by atomic mass is 9.97. The molecule has 0 radical (unpaired) electrons. The third-order valence-corrected chi connectivity index (χ3v) is 3.90. The number of nitrogens with zero attached hydrogens (tertiary/aromatic N) is 4. The van der Waals surface area contributed by atoms with E-state index >= 15 is 0 Å². The molecule has 0 atom stereocenters. The number of piperidine rings is 1. The van der Waals surface area contributed by atoms with Crippen LogP contribution in [-0.4, -0.2) is 53.2 Å². The number of carbonyl (C=O) groups excluding carboxylic acids is 1. The third-order valence-electron chi connectivity index (χ3n) is 3.90. The van der Waals surface area contributed by atoms with Crippen LogP contribution in [-0.2, 0) is 0 Å². The molecule has 0 unspecified atom stereocenters. The van der Waals surface area contributed by atoms with Crippen LogP contribution in [0.5, 0.6) is 0 Å². The van der Waals surface area contributed by atoms with Crippen LogP contribution in [0.4, 0.5) is 4.79 Å². The predicted molar refractivity (Wildman–Crippen MR) is 79.4 cm³/mol. The second-order valence-corrected chi connectivity index (χ2v) is 5.80. The van der Waals surface area contributed by atoms with Crippen LogP contribution in [0.25, 0.3) is 11.6 Å². The van der Waals surface area contributed by atoms with Gasteiger partial charge in [-0.3, -0.25) is 0 Å². The van der Waals surface area contributed by atoms with E-state index in [0.29, 0.717) is 30.6 Å². The van der Waals surface area contributed by atoms with Gasteiger partial charge in [-0.05, 0) is 31.9 Å². The van der Waals surface area contributed by atoms with Crippen LogP contribution in [0.2, 0.25) is 0 Å². The van der Waals surface area contributed by atoms with Gasteiger partial charge in [0.1, 0.15) is 5.76 Å². The first-order valence-electron chi connectivity index (χ1n) is 7.41. The molecule has 1 aliphatic heterocycles. The van der Waals surface area contributed by atoms with E-state index < -0.39 is 0 Å². The van der Waals surface area contributed by atoms with Gasteiger partial charge in [-0.2, -0.15) is 4.98 Å². The number of hydrogen-bond donors (Lipinski definition) is 0. The maximum absolute atomic E-state index is 11.9. The van der Waals surface area contributed by atoms with Gasteiger partial charge >= 0.3 is 6.03 Å². The molecule has 22 heavy (non-hydrogen) atoms. The molecule has 1 saturated heterocycles. The highest BCUT2D eigenvalue weighted by Crippen LogP contribution is 2.29. The Balaban J connectivity index is 1.65. The summed E-state index contributed by atoms with van der Waals surface area (Å²) in [7, 11) is 3.54. The molecule has 0 aliphatic carbocycles. The fourth-order valence-corrected chi connectivity index (χ4v) is 2.66. The van der Waals surface area contributed by atoms with Crippen LogP contribution in [0, 0.1) is 6.92 Å². The zero-order valence-electron chi connectivity index (χ0n) is 13.1. The predicted octanol–water partition coefficient (Wildman–Crippen LogP) is 2.50. The average molecular weight is 304 g/mol. The molecule has 7 heteroatoms. The summed E-state index contributed by atoms with van der Waals surface area (Å²) in [4.78, 5) is 19.8. The Morgan fingerprint density at radius 2 is 2.05 bits per heavy atom. The fraction of sp³-hybridized carbons (Fsp3) is 0.533. The molecule has 0 spiro atoms. The summed E-state index contributed by atoms with van der Waals surface area (Å²) in [6.45, 7) is 3.29. The molecule has 7 nitrogen and oxygen atoms in total. The summed E-state index contributed by atoms with van der Waals surface area (Å²) in [5.41, 5.74) is 0. The van der Waals surface area contributed by atoms with Gasteiger partial charge in [-0.1, -0.05) is 5.16 Å². The van der Waals surface area contributed by atoms with Gasteiger partial charge in [0.25, 0.3) is 0 Å². The molecule has 0 bridgehead atoms. The van der Waals surface area contributed by atoms with E-state index in [1.165, 1.54) is 0 Å². The molecule has 0 N–H and O–H groups in total. The average Bonchev–Trinajstić information content (AvgIpc) is 3.15. The minimum Gasteiger partial charge on any atom is -0.458 e. The Bertz CT molecular complexity index is 653. The van der Waals surface area contributed by atoms with Crippen molar-refractivity contribution < 1.29 is 13.7 Å². The number of rotatable bonds is 2. The van der Waals surface area contributed by atoms with Crippen LogP contribution in [0.15, 0.2) is 21.1 Å². The topological polar surface area (TPSA) is 75.6 Å². The van der Waals surface area contributed by atoms with Crippen molar-refractivity contribution in [2.75, 3.05) is 27.2 Å². The molecule has 118 valence electrons. The normalized spacial score (nSPS) is 16.0. The van der Waals surface area contributed by atoms with E-state index in [9.17, 15) is 4.79 Å². The summed E-state index contributed by atoms with van der Waals surface area (Å²) >= 11 is 0. The van der Waals surface area contributed by atoms with Crippen LogP contribution >= 0.6 is 0 Å². The van der Waals surface area contributed by atoms with Gasteiger partial charge in [0.2, 0.25) is 11.7 Å². The lowest BCUT2D eigenvalue weighted by molar-refractivity contribution is 0.152. The van der Waals surface area contributed by atoms with Crippen molar-refractivity contribution in [2.45, 2.75) is 25.7 Å². The quantitative estimate of drug-likeness (QED) is 0.852. The largest absolute Gasteiger partial charge is 0.458 e. The first kappa shape index (κ1) is 14.6. The van der Waals surface area contributed by atoms with Crippen LogP contribution in [0.1, 0.15) is 30.4 Å². The second kappa shape index (κ2) is 5.82. The first-order valence-corrected chi connectivity index (χ1v) is 7.41. The molecular formula is C15H20N4O3. The van der Waals surface area contributed by atoms with Gasteiger partial charge in [-0.25, -0.2) is 4.79 Å². The SMILES string of the molecule is Cc1ccc(-c2noc(C3CCN(C(=O)N(C)C)CC3)n2)o1. The highest BCUT2D eigenvalue weighted by molar-refractivity contribution is 5.73. The second-order valence-electron chi connectivity index (χ2n) is 5.80. The number of urea groups is 1. The Morgan fingerprint density at radius 1 is 1.32 bits per heavy atom. The molecule has 0 aromatic carbocycles. The molecule has 0 saturated carbocycles. The van der Waals surface area contributed by atoms with Crippen molar-refractivity contribution in [3.63, 3.8) is 0 Å². The number of furan rings is 1. The molecule has 1 fully saturated rings. The Labute approximate surface area is 128 Å². The Kier molecular flexibility index (Phi) is 3.87. The van der Waals surface area contributed by atoms with Gasteiger partial charge in [0, 0.05) is 33.1 Å². The molecule has 3 heterocycles. The lowest BCUT2D eigenvalue weighted by Gasteiger charge is -2.32. The van der Waals surface area contributed by atoms with E-state index in [1.807, 2.05) is 24.0 Å². The fourth-order valence-electron chi connectivity index (χ4n) is 2.66. The van der Waals surface area contributed by atoms with Gasteiger partial charge in [-0.15, -0.1) is 0 Å². The summed E-state index contributed by atoms with van der Waals surface area (Å²) in [6.07, 6.45) is 1.66. The van der Waals surface area contributed by atoms with Gasteiger partial charge in [0.15, 0.2) is 5.76 Å². The highest BCUT2D eigenvalue weighted by atomic mass is 16.5. The molecule has 3 rings (SSSR count). The van der Waals surface area contributed by atoms with Crippen LogP contribution in [0.3, 0.4) is 0 Å². The molecule has 2 aromatic heterocycles. The minimum absolute atomic E-state index is 0.0516. The summed E-state index contributed by atoms with van der Waals surface area (Å²) < 4.78 is 10.9. The van der Waals surface area contributed by atoms with E-state index in [2.05, 4.69) is 10.1 Å². The number of aryl methyl sites for hydroxylation is 1. The maximum Gasteiger partial charge on any atom is 0.319 e. The summed E-state index contributed by atoms with van der Waals surface area (Å²) in [6, 6.07) is 3.76. The molecule has 2 amide bonds. The zero-order chi connectivity index (χ0) is 15.7.